The number of aryl methyl sites for hydroxylation is 1. The van der Waals surface area contributed by atoms with Crippen LogP contribution in [0.4, 0.5) is 8.78 Å². The molecule has 136 valence electrons. The Morgan fingerprint density at radius 2 is 2.08 bits per heavy atom. The highest BCUT2D eigenvalue weighted by Crippen LogP contribution is 2.28. The monoisotopic (exact) mass is 344 g/mol. The fourth-order valence-corrected chi connectivity index (χ4v) is 3.29. The van der Waals surface area contributed by atoms with Gasteiger partial charge in [0, 0.05) is 30.3 Å². The van der Waals surface area contributed by atoms with E-state index in [0.717, 1.165) is 25.9 Å². The Labute approximate surface area is 140 Å². The molecule has 1 aliphatic rings. The normalized spacial score (nSPS) is 17.2. The predicted octanol–water partition coefficient (Wildman–Crippen LogP) is 1.57. The number of piperidine rings is 1. The van der Waals surface area contributed by atoms with Gasteiger partial charge in [0.2, 0.25) is 5.91 Å². The van der Waals surface area contributed by atoms with Crippen molar-refractivity contribution < 1.29 is 18.3 Å². The third-order valence-corrected chi connectivity index (χ3v) is 4.77. The third-order valence-electron chi connectivity index (χ3n) is 4.77. The van der Waals surface area contributed by atoms with E-state index in [9.17, 15) is 13.6 Å². The standard InChI is InChI=1S/C16H26F2N4O2/c1-11-13(12(2)22(21-11)15(17)18)8-14(23)20-9-16(10-24-3)4-6-19-7-5-16/h15,19H,4-10H2,1-3H3,(H,20,23). The summed E-state index contributed by atoms with van der Waals surface area (Å²) in [5, 5.41) is 10.1. The lowest BCUT2D eigenvalue weighted by Crippen LogP contribution is -2.47. The average Bonchev–Trinajstić information content (AvgIpc) is 2.83. The van der Waals surface area contributed by atoms with Gasteiger partial charge in [0.15, 0.2) is 0 Å². The second-order valence-corrected chi connectivity index (χ2v) is 6.51. The van der Waals surface area contributed by atoms with Gasteiger partial charge < -0.3 is 15.4 Å². The molecule has 8 heteroatoms. The molecule has 1 aliphatic heterocycles. The molecule has 0 atom stereocenters. The maximum absolute atomic E-state index is 12.9. The number of hydrogen-bond donors (Lipinski definition) is 2. The van der Waals surface area contributed by atoms with Gasteiger partial charge in [-0.2, -0.15) is 13.9 Å². The van der Waals surface area contributed by atoms with Crippen LogP contribution in [0.25, 0.3) is 0 Å². The van der Waals surface area contributed by atoms with Crippen LogP contribution in [0.2, 0.25) is 0 Å². The number of halogens is 2. The van der Waals surface area contributed by atoms with Gasteiger partial charge >= 0.3 is 6.55 Å². The third kappa shape index (κ3) is 4.30. The molecule has 6 nitrogen and oxygen atoms in total. The molecule has 2 rings (SSSR count). The summed E-state index contributed by atoms with van der Waals surface area (Å²) in [6, 6.07) is 0. The number of amides is 1. The van der Waals surface area contributed by atoms with E-state index in [1.165, 1.54) is 0 Å². The Kier molecular flexibility index (Phi) is 6.28. The number of methoxy groups -OCH3 is 1. The van der Waals surface area contributed by atoms with Gasteiger partial charge in [-0.15, -0.1) is 0 Å². The van der Waals surface area contributed by atoms with Gasteiger partial charge in [0.25, 0.3) is 0 Å². The van der Waals surface area contributed by atoms with Gasteiger partial charge in [-0.3, -0.25) is 4.79 Å². The lowest BCUT2D eigenvalue weighted by molar-refractivity contribution is -0.121. The maximum atomic E-state index is 12.9. The number of rotatable bonds is 7. The van der Waals surface area contributed by atoms with Crippen molar-refractivity contribution in [2.24, 2.45) is 5.41 Å². The van der Waals surface area contributed by atoms with Crippen molar-refractivity contribution in [3.05, 3.63) is 17.0 Å². The molecule has 0 bridgehead atoms. The largest absolute Gasteiger partial charge is 0.384 e. The molecule has 0 spiro atoms. The minimum atomic E-state index is -2.69. The van der Waals surface area contributed by atoms with Crippen LogP contribution in [0.1, 0.15) is 36.3 Å². The lowest BCUT2D eigenvalue weighted by atomic mass is 9.79. The first-order valence-electron chi connectivity index (χ1n) is 8.17. The summed E-state index contributed by atoms with van der Waals surface area (Å²) < 4.78 is 31.7. The van der Waals surface area contributed by atoms with Crippen LogP contribution in [-0.4, -0.2) is 49.0 Å². The number of carbonyl (C=O) groups excluding carboxylic acids is 1. The molecular formula is C16H26F2N4O2. The van der Waals surface area contributed by atoms with E-state index in [0.29, 0.717) is 34.8 Å². The summed E-state index contributed by atoms with van der Waals surface area (Å²) in [5.41, 5.74) is 1.31. The predicted molar refractivity (Wildman–Crippen MR) is 86.1 cm³/mol. The van der Waals surface area contributed by atoms with Crippen LogP contribution in [-0.2, 0) is 16.0 Å². The molecule has 1 aromatic rings. The summed E-state index contributed by atoms with van der Waals surface area (Å²) in [5.74, 6) is -0.177. The molecule has 1 amide bonds. The van der Waals surface area contributed by atoms with E-state index >= 15 is 0 Å². The molecule has 24 heavy (non-hydrogen) atoms. The molecule has 2 heterocycles. The molecule has 1 saturated heterocycles. The van der Waals surface area contributed by atoms with Crippen molar-refractivity contribution in [3.8, 4) is 0 Å². The number of ether oxygens (including phenoxy) is 1. The Balaban J connectivity index is 1.98. The highest BCUT2D eigenvalue weighted by molar-refractivity contribution is 5.79. The van der Waals surface area contributed by atoms with Gasteiger partial charge in [-0.25, -0.2) is 4.68 Å². The average molecular weight is 344 g/mol. The van der Waals surface area contributed by atoms with E-state index in [-0.39, 0.29) is 17.7 Å². The quantitative estimate of drug-likeness (QED) is 0.788. The van der Waals surface area contributed by atoms with Crippen molar-refractivity contribution >= 4 is 5.91 Å². The van der Waals surface area contributed by atoms with E-state index in [4.69, 9.17) is 4.74 Å². The minimum absolute atomic E-state index is 0.0612. The summed E-state index contributed by atoms with van der Waals surface area (Å²) in [4.78, 5) is 12.3. The zero-order chi connectivity index (χ0) is 17.7. The zero-order valence-electron chi connectivity index (χ0n) is 14.5. The van der Waals surface area contributed by atoms with Gasteiger partial charge in [-0.1, -0.05) is 0 Å². The fraction of sp³-hybridized carbons (Fsp3) is 0.750. The summed E-state index contributed by atoms with van der Waals surface area (Å²) in [6.45, 7) is 3.44. The van der Waals surface area contributed by atoms with Crippen molar-refractivity contribution in [3.63, 3.8) is 0 Å². The molecule has 0 saturated carbocycles. The smallest absolute Gasteiger partial charge is 0.333 e. The first-order chi connectivity index (χ1) is 11.4. The molecule has 0 radical (unpaired) electrons. The van der Waals surface area contributed by atoms with Crippen molar-refractivity contribution in [1.29, 1.82) is 0 Å². The fourth-order valence-electron chi connectivity index (χ4n) is 3.29. The summed E-state index contributed by atoms with van der Waals surface area (Å²) >= 11 is 0. The zero-order valence-corrected chi connectivity index (χ0v) is 14.5. The number of aromatic nitrogens is 2. The van der Waals surface area contributed by atoms with Gasteiger partial charge in [0.1, 0.15) is 0 Å². The Morgan fingerprint density at radius 3 is 2.62 bits per heavy atom. The van der Waals surface area contributed by atoms with Crippen LogP contribution in [0.5, 0.6) is 0 Å². The molecule has 0 aliphatic carbocycles. The number of alkyl halides is 2. The van der Waals surface area contributed by atoms with Crippen LogP contribution in [0.3, 0.4) is 0 Å². The van der Waals surface area contributed by atoms with E-state index < -0.39 is 6.55 Å². The van der Waals surface area contributed by atoms with Crippen LogP contribution in [0.15, 0.2) is 0 Å². The van der Waals surface area contributed by atoms with E-state index in [1.54, 1.807) is 21.0 Å². The number of carbonyl (C=O) groups is 1. The molecule has 1 aromatic heterocycles. The molecular weight excluding hydrogens is 318 g/mol. The highest BCUT2D eigenvalue weighted by atomic mass is 19.3. The van der Waals surface area contributed by atoms with Crippen molar-refractivity contribution in [1.82, 2.24) is 20.4 Å². The first-order valence-corrected chi connectivity index (χ1v) is 8.17. The second-order valence-electron chi connectivity index (χ2n) is 6.51. The Morgan fingerprint density at radius 1 is 1.42 bits per heavy atom. The lowest BCUT2D eigenvalue weighted by Gasteiger charge is -2.37. The van der Waals surface area contributed by atoms with Crippen molar-refractivity contribution in [2.45, 2.75) is 39.7 Å². The van der Waals surface area contributed by atoms with Gasteiger partial charge in [-0.05, 0) is 39.8 Å². The minimum Gasteiger partial charge on any atom is -0.384 e. The SMILES string of the molecule is COCC1(CNC(=O)Cc2c(C)nn(C(F)F)c2C)CCNCC1. The van der Waals surface area contributed by atoms with Crippen LogP contribution < -0.4 is 10.6 Å². The van der Waals surface area contributed by atoms with E-state index in [1.807, 2.05) is 0 Å². The molecule has 2 N–H and O–H groups in total. The Hall–Kier alpha value is -1.54. The Bertz CT molecular complexity index is 563. The first kappa shape index (κ1) is 18.8. The molecule has 0 unspecified atom stereocenters. The highest BCUT2D eigenvalue weighted by Gasteiger charge is 2.32. The summed E-state index contributed by atoms with van der Waals surface area (Å²) in [6.07, 6.45) is 1.93. The number of nitrogens with one attached hydrogen (secondary N) is 2. The molecule has 1 fully saturated rings. The maximum Gasteiger partial charge on any atom is 0.333 e. The summed E-state index contributed by atoms with van der Waals surface area (Å²) in [7, 11) is 1.66. The number of hydrogen-bond acceptors (Lipinski definition) is 4. The van der Waals surface area contributed by atoms with Crippen LogP contribution >= 0.6 is 0 Å². The van der Waals surface area contributed by atoms with Crippen molar-refractivity contribution in [2.75, 3.05) is 33.4 Å². The van der Waals surface area contributed by atoms with E-state index in [2.05, 4.69) is 15.7 Å². The topological polar surface area (TPSA) is 68.2 Å². The van der Waals surface area contributed by atoms with Crippen LogP contribution in [0, 0.1) is 19.3 Å². The van der Waals surface area contributed by atoms with Gasteiger partial charge in [0.05, 0.1) is 18.7 Å². The molecule has 0 aromatic carbocycles. The second kappa shape index (κ2) is 8.02. The number of nitrogens with zero attached hydrogens (tertiary/aromatic N) is 2.